The molecule has 1 aromatic rings. The number of fused-ring (bicyclic) bond motifs is 5. The number of hydrogen-bond acceptors (Lipinski definition) is 3. The van der Waals surface area contributed by atoms with Gasteiger partial charge >= 0.3 is 0 Å². The molecule has 17 heavy (non-hydrogen) atoms. The first kappa shape index (κ1) is 9.89. The average Bonchev–Trinajstić information content (AvgIpc) is 2.74. The van der Waals surface area contributed by atoms with Crippen molar-refractivity contribution in [1.82, 2.24) is 10.3 Å². The Hall–Kier alpha value is -1.09. The second kappa shape index (κ2) is 3.45. The van der Waals surface area contributed by atoms with Crippen LogP contribution in [0.5, 0.6) is 0 Å². The summed E-state index contributed by atoms with van der Waals surface area (Å²) in [6.45, 7) is 0.900. The molecule has 3 fully saturated rings. The lowest BCUT2D eigenvalue weighted by molar-refractivity contribution is 0.456. The van der Waals surface area contributed by atoms with Crippen molar-refractivity contribution in [2.45, 2.75) is 31.8 Å². The van der Waals surface area contributed by atoms with Crippen molar-refractivity contribution < 1.29 is 0 Å². The molecule has 0 aromatic carbocycles. The zero-order valence-corrected chi connectivity index (χ0v) is 9.97. The molecule has 4 rings (SSSR count). The number of anilines is 1. The van der Waals surface area contributed by atoms with E-state index >= 15 is 0 Å². The first-order valence-corrected chi connectivity index (χ1v) is 6.77. The van der Waals surface area contributed by atoms with Gasteiger partial charge in [-0.2, -0.15) is 0 Å². The SMILES string of the molecule is Nc1ccc(CNC2C3C4CCC(C4)C23)nc1. The molecular formula is C14H19N3. The number of nitrogen functional groups attached to an aromatic ring is 1. The van der Waals surface area contributed by atoms with Crippen molar-refractivity contribution in [2.75, 3.05) is 5.73 Å². The second-order valence-corrected chi connectivity index (χ2v) is 5.98. The maximum atomic E-state index is 5.63. The number of hydrogen-bond donors (Lipinski definition) is 2. The van der Waals surface area contributed by atoms with E-state index in [9.17, 15) is 0 Å². The number of pyridine rings is 1. The molecule has 0 spiro atoms. The van der Waals surface area contributed by atoms with Crippen LogP contribution in [0.4, 0.5) is 5.69 Å². The van der Waals surface area contributed by atoms with Crippen molar-refractivity contribution in [1.29, 1.82) is 0 Å². The molecule has 3 aliphatic carbocycles. The number of nitrogens with one attached hydrogen (secondary N) is 1. The van der Waals surface area contributed by atoms with Gasteiger partial charge in [0, 0.05) is 12.6 Å². The highest BCUT2D eigenvalue weighted by Gasteiger charge is 2.64. The Kier molecular flexibility index (Phi) is 2.01. The Balaban J connectivity index is 1.37. The van der Waals surface area contributed by atoms with Gasteiger partial charge in [-0.15, -0.1) is 0 Å². The highest BCUT2D eigenvalue weighted by atomic mass is 15.0. The standard InChI is InChI=1S/C14H19N3/c15-10-3-4-11(16-6-10)7-17-14-12-8-1-2-9(5-8)13(12)14/h3-4,6,8-9,12-14,17H,1-2,5,7,15H2. The van der Waals surface area contributed by atoms with Crippen LogP contribution < -0.4 is 11.1 Å². The highest BCUT2D eigenvalue weighted by Crippen LogP contribution is 2.65. The quantitative estimate of drug-likeness (QED) is 0.831. The van der Waals surface area contributed by atoms with Crippen LogP contribution in [0.1, 0.15) is 25.0 Å². The zero-order chi connectivity index (χ0) is 11.4. The van der Waals surface area contributed by atoms with E-state index in [0.29, 0.717) is 0 Å². The molecule has 4 atom stereocenters. The van der Waals surface area contributed by atoms with E-state index in [2.05, 4.69) is 10.3 Å². The Morgan fingerprint density at radius 3 is 2.65 bits per heavy atom. The van der Waals surface area contributed by atoms with Gasteiger partial charge in [-0.05, 0) is 55.1 Å². The van der Waals surface area contributed by atoms with Crippen LogP contribution in [0.25, 0.3) is 0 Å². The van der Waals surface area contributed by atoms with Crippen LogP contribution in [-0.4, -0.2) is 11.0 Å². The Labute approximate surface area is 102 Å². The Bertz CT molecular complexity index is 412. The number of aromatic nitrogens is 1. The number of nitrogens with two attached hydrogens (primary N) is 1. The molecule has 3 aliphatic rings. The average molecular weight is 229 g/mol. The molecule has 1 heterocycles. The van der Waals surface area contributed by atoms with Gasteiger partial charge in [0.05, 0.1) is 17.6 Å². The van der Waals surface area contributed by atoms with Gasteiger partial charge in [0.25, 0.3) is 0 Å². The van der Waals surface area contributed by atoms with Crippen LogP contribution in [0.3, 0.4) is 0 Å². The van der Waals surface area contributed by atoms with E-state index in [-0.39, 0.29) is 0 Å². The lowest BCUT2D eigenvalue weighted by Gasteiger charge is -2.10. The number of rotatable bonds is 3. The molecule has 0 aliphatic heterocycles. The van der Waals surface area contributed by atoms with E-state index in [1.54, 1.807) is 6.20 Å². The summed E-state index contributed by atoms with van der Waals surface area (Å²) in [6, 6.07) is 4.75. The van der Waals surface area contributed by atoms with Gasteiger partial charge in [0.15, 0.2) is 0 Å². The minimum atomic E-state index is 0.745. The van der Waals surface area contributed by atoms with E-state index in [0.717, 1.165) is 47.6 Å². The molecule has 3 N–H and O–H groups in total. The highest BCUT2D eigenvalue weighted by molar-refractivity contribution is 5.34. The summed E-state index contributed by atoms with van der Waals surface area (Å²) in [5.41, 5.74) is 7.48. The fraction of sp³-hybridized carbons (Fsp3) is 0.643. The van der Waals surface area contributed by atoms with Crippen LogP contribution in [0.2, 0.25) is 0 Å². The van der Waals surface area contributed by atoms with E-state index in [4.69, 9.17) is 5.73 Å². The lowest BCUT2D eigenvalue weighted by Crippen LogP contribution is -2.22. The van der Waals surface area contributed by atoms with Gasteiger partial charge in [-0.3, -0.25) is 4.98 Å². The normalized spacial score (nSPS) is 41.5. The van der Waals surface area contributed by atoms with Gasteiger partial charge < -0.3 is 11.1 Å². The van der Waals surface area contributed by atoms with E-state index in [1.165, 1.54) is 19.3 Å². The van der Waals surface area contributed by atoms with Gasteiger partial charge in [0.2, 0.25) is 0 Å². The molecule has 2 bridgehead atoms. The molecule has 0 radical (unpaired) electrons. The summed E-state index contributed by atoms with van der Waals surface area (Å²) in [7, 11) is 0. The molecule has 3 saturated carbocycles. The minimum absolute atomic E-state index is 0.745. The maximum absolute atomic E-state index is 5.63. The molecule has 0 saturated heterocycles. The first-order chi connectivity index (χ1) is 8.33. The predicted octanol–water partition coefficient (Wildman–Crippen LogP) is 1.80. The van der Waals surface area contributed by atoms with Crippen LogP contribution in [-0.2, 0) is 6.54 Å². The van der Waals surface area contributed by atoms with Gasteiger partial charge in [0.1, 0.15) is 0 Å². The van der Waals surface area contributed by atoms with Crippen molar-refractivity contribution >= 4 is 5.69 Å². The fourth-order valence-corrected chi connectivity index (χ4v) is 4.36. The smallest absolute Gasteiger partial charge is 0.0543 e. The first-order valence-electron chi connectivity index (χ1n) is 6.77. The van der Waals surface area contributed by atoms with Crippen molar-refractivity contribution in [3.8, 4) is 0 Å². The van der Waals surface area contributed by atoms with Crippen molar-refractivity contribution in [3.05, 3.63) is 24.0 Å². The van der Waals surface area contributed by atoms with Crippen molar-refractivity contribution in [3.63, 3.8) is 0 Å². The predicted molar refractivity (Wildman–Crippen MR) is 67.1 cm³/mol. The minimum Gasteiger partial charge on any atom is -0.397 e. The molecule has 1 aromatic heterocycles. The topological polar surface area (TPSA) is 50.9 Å². The molecule has 3 nitrogen and oxygen atoms in total. The van der Waals surface area contributed by atoms with Crippen LogP contribution in [0, 0.1) is 23.7 Å². The number of nitrogens with zero attached hydrogens (tertiary/aromatic N) is 1. The molecule has 4 unspecified atom stereocenters. The summed E-state index contributed by atoms with van der Waals surface area (Å²) in [6.07, 6.45) is 6.25. The summed E-state index contributed by atoms with van der Waals surface area (Å²) in [5, 5.41) is 3.69. The maximum Gasteiger partial charge on any atom is 0.0543 e. The van der Waals surface area contributed by atoms with Gasteiger partial charge in [-0.1, -0.05) is 0 Å². The zero-order valence-electron chi connectivity index (χ0n) is 9.97. The van der Waals surface area contributed by atoms with E-state index < -0.39 is 0 Å². The monoisotopic (exact) mass is 229 g/mol. The summed E-state index contributed by atoms with van der Waals surface area (Å²) < 4.78 is 0. The molecule has 0 amide bonds. The van der Waals surface area contributed by atoms with Crippen molar-refractivity contribution in [2.24, 2.45) is 23.7 Å². The summed E-state index contributed by atoms with van der Waals surface area (Å²) in [4.78, 5) is 4.34. The Morgan fingerprint density at radius 2 is 2.00 bits per heavy atom. The van der Waals surface area contributed by atoms with Gasteiger partial charge in [-0.25, -0.2) is 0 Å². The summed E-state index contributed by atoms with van der Waals surface area (Å²) in [5.74, 6) is 4.09. The Morgan fingerprint density at radius 1 is 1.24 bits per heavy atom. The third kappa shape index (κ3) is 1.48. The molecular weight excluding hydrogens is 210 g/mol. The second-order valence-electron chi connectivity index (χ2n) is 5.98. The summed E-state index contributed by atoms with van der Waals surface area (Å²) >= 11 is 0. The third-order valence-corrected chi connectivity index (χ3v) is 5.10. The van der Waals surface area contributed by atoms with E-state index in [1.807, 2.05) is 12.1 Å². The van der Waals surface area contributed by atoms with Crippen LogP contribution >= 0.6 is 0 Å². The molecule has 90 valence electrons. The third-order valence-electron chi connectivity index (χ3n) is 5.10. The largest absolute Gasteiger partial charge is 0.397 e. The van der Waals surface area contributed by atoms with Crippen LogP contribution in [0.15, 0.2) is 18.3 Å². The lowest BCUT2D eigenvalue weighted by atomic mass is 10.0. The molecule has 3 heteroatoms. The fourth-order valence-electron chi connectivity index (χ4n) is 4.36.